The van der Waals surface area contributed by atoms with Crippen molar-refractivity contribution in [3.05, 3.63) is 29.8 Å². The monoisotopic (exact) mass is 396 g/mol. The molecule has 2 N–H and O–H groups in total. The second kappa shape index (κ2) is 8.49. The molecule has 8 heteroatoms. The molecule has 0 spiro atoms. The number of rotatable bonds is 4. The second-order valence-electron chi connectivity index (χ2n) is 6.43. The first-order valence-corrected chi connectivity index (χ1v) is 10.1. The third-order valence-electron chi connectivity index (χ3n) is 4.85. The smallest absolute Gasteiger partial charge is 0.241 e. The fourth-order valence-corrected chi connectivity index (χ4v) is 5.12. The normalized spacial score (nSPS) is 25.0. The zero-order valence-corrected chi connectivity index (χ0v) is 16.1. The van der Waals surface area contributed by atoms with Crippen LogP contribution in [0.3, 0.4) is 0 Å². The van der Waals surface area contributed by atoms with E-state index in [1.54, 1.807) is 17.3 Å². The molecular weight excluding hydrogens is 376 g/mol. The van der Waals surface area contributed by atoms with Gasteiger partial charge in [-0.25, -0.2) is 0 Å². The Morgan fingerprint density at radius 1 is 1.24 bits per heavy atom. The SMILES string of the molecule is Cl.O=C(Nc1ccc(Sc2nncs2)cc1)C1CC2CCCCC2N1. The van der Waals surface area contributed by atoms with E-state index in [0.717, 1.165) is 21.3 Å². The molecule has 1 aliphatic carbocycles. The van der Waals surface area contributed by atoms with E-state index in [1.165, 1.54) is 37.0 Å². The molecule has 4 rings (SSSR count). The van der Waals surface area contributed by atoms with Crippen LogP contribution in [0.4, 0.5) is 5.69 Å². The van der Waals surface area contributed by atoms with E-state index in [-0.39, 0.29) is 24.4 Å². The Kier molecular flexibility index (Phi) is 6.33. The largest absolute Gasteiger partial charge is 0.325 e. The van der Waals surface area contributed by atoms with E-state index in [9.17, 15) is 4.79 Å². The Morgan fingerprint density at radius 3 is 2.76 bits per heavy atom. The van der Waals surface area contributed by atoms with Gasteiger partial charge >= 0.3 is 0 Å². The summed E-state index contributed by atoms with van der Waals surface area (Å²) < 4.78 is 0.921. The number of fused-ring (bicyclic) bond motifs is 1. The molecule has 2 aromatic rings. The maximum Gasteiger partial charge on any atom is 0.241 e. The van der Waals surface area contributed by atoms with Gasteiger partial charge in [-0.15, -0.1) is 22.6 Å². The molecule has 2 aliphatic rings. The highest BCUT2D eigenvalue weighted by atomic mass is 35.5. The molecule has 5 nitrogen and oxygen atoms in total. The summed E-state index contributed by atoms with van der Waals surface area (Å²) in [6, 6.07) is 8.40. The molecule has 1 aromatic heterocycles. The minimum Gasteiger partial charge on any atom is -0.325 e. The average molecular weight is 397 g/mol. The van der Waals surface area contributed by atoms with E-state index < -0.39 is 0 Å². The molecule has 1 aliphatic heterocycles. The topological polar surface area (TPSA) is 66.9 Å². The summed E-state index contributed by atoms with van der Waals surface area (Å²) >= 11 is 3.10. The number of hydrogen-bond donors (Lipinski definition) is 2. The number of halogens is 1. The second-order valence-corrected chi connectivity index (χ2v) is 8.58. The lowest BCUT2D eigenvalue weighted by Crippen LogP contribution is -2.39. The Morgan fingerprint density at radius 2 is 2.04 bits per heavy atom. The van der Waals surface area contributed by atoms with Gasteiger partial charge in [-0.05, 0) is 49.4 Å². The Hall–Kier alpha value is -1.15. The number of nitrogens with one attached hydrogen (secondary N) is 2. The molecule has 1 saturated heterocycles. The molecule has 3 atom stereocenters. The number of amides is 1. The van der Waals surface area contributed by atoms with Crippen LogP contribution in [0.25, 0.3) is 0 Å². The summed E-state index contributed by atoms with van der Waals surface area (Å²) in [7, 11) is 0. The standard InChI is InChI=1S/C17H20N4OS2.ClH/c22-16(15-9-11-3-1-2-4-14(11)20-15)19-12-5-7-13(8-6-12)24-17-21-18-10-23-17;/h5-8,10-11,14-15,20H,1-4,9H2,(H,19,22);1H. The highest BCUT2D eigenvalue weighted by molar-refractivity contribution is 8.01. The Labute approximate surface area is 161 Å². The lowest BCUT2D eigenvalue weighted by Gasteiger charge is -2.24. The summed E-state index contributed by atoms with van der Waals surface area (Å²) in [5, 5.41) is 14.4. The number of anilines is 1. The number of aromatic nitrogens is 2. The minimum absolute atomic E-state index is 0. The van der Waals surface area contributed by atoms with Crippen LogP contribution in [0.1, 0.15) is 32.1 Å². The zero-order chi connectivity index (χ0) is 16.4. The van der Waals surface area contributed by atoms with Crippen LogP contribution in [0.5, 0.6) is 0 Å². The third kappa shape index (κ3) is 4.53. The average Bonchev–Trinajstić information content (AvgIpc) is 3.25. The van der Waals surface area contributed by atoms with E-state index >= 15 is 0 Å². The first kappa shape index (κ1) is 18.6. The van der Waals surface area contributed by atoms with Crippen molar-refractivity contribution in [2.45, 2.75) is 53.4 Å². The zero-order valence-electron chi connectivity index (χ0n) is 13.7. The summed E-state index contributed by atoms with van der Waals surface area (Å²) in [5.74, 6) is 0.772. The highest BCUT2D eigenvalue weighted by Crippen LogP contribution is 2.34. The minimum atomic E-state index is -0.0476. The highest BCUT2D eigenvalue weighted by Gasteiger charge is 2.38. The van der Waals surface area contributed by atoms with Crippen molar-refractivity contribution in [2.75, 3.05) is 5.32 Å². The summed E-state index contributed by atoms with van der Waals surface area (Å²) in [4.78, 5) is 13.6. The molecule has 3 unspecified atom stereocenters. The third-order valence-corrected chi connectivity index (χ3v) is 6.63. The quantitative estimate of drug-likeness (QED) is 0.818. The van der Waals surface area contributed by atoms with E-state index in [1.807, 2.05) is 24.3 Å². The molecule has 2 heterocycles. The fourth-order valence-electron chi connectivity index (χ4n) is 3.67. The van der Waals surface area contributed by atoms with Crippen LogP contribution in [0, 0.1) is 5.92 Å². The molecule has 1 aromatic carbocycles. The lowest BCUT2D eigenvalue weighted by molar-refractivity contribution is -0.117. The van der Waals surface area contributed by atoms with Crippen molar-refractivity contribution in [1.82, 2.24) is 15.5 Å². The predicted molar refractivity (Wildman–Crippen MR) is 104 cm³/mol. The molecule has 1 amide bonds. The van der Waals surface area contributed by atoms with Crippen LogP contribution in [-0.2, 0) is 4.79 Å². The molecule has 0 bridgehead atoms. The van der Waals surface area contributed by atoms with Gasteiger partial charge in [0.15, 0.2) is 4.34 Å². The lowest BCUT2D eigenvalue weighted by atomic mass is 9.85. The summed E-state index contributed by atoms with van der Waals surface area (Å²) in [6.07, 6.45) is 6.05. The molecule has 1 saturated carbocycles. The van der Waals surface area contributed by atoms with Crippen molar-refractivity contribution in [2.24, 2.45) is 5.92 Å². The van der Waals surface area contributed by atoms with Crippen molar-refractivity contribution in [3.63, 3.8) is 0 Å². The van der Waals surface area contributed by atoms with Gasteiger partial charge in [-0.3, -0.25) is 4.79 Å². The van der Waals surface area contributed by atoms with E-state index in [2.05, 4.69) is 20.8 Å². The summed E-state index contributed by atoms with van der Waals surface area (Å²) in [6.45, 7) is 0. The molecule has 134 valence electrons. The number of nitrogens with zero attached hydrogens (tertiary/aromatic N) is 2. The van der Waals surface area contributed by atoms with Crippen LogP contribution in [0.15, 0.2) is 39.0 Å². The van der Waals surface area contributed by atoms with Crippen molar-refractivity contribution < 1.29 is 4.79 Å². The van der Waals surface area contributed by atoms with Gasteiger partial charge in [-0.1, -0.05) is 35.9 Å². The first-order valence-electron chi connectivity index (χ1n) is 8.39. The fraction of sp³-hybridized carbons (Fsp3) is 0.471. The number of benzene rings is 1. The van der Waals surface area contributed by atoms with Gasteiger partial charge in [0.25, 0.3) is 0 Å². The van der Waals surface area contributed by atoms with Crippen LogP contribution in [-0.4, -0.2) is 28.2 Å². The van der Waals surface area contributed by atoms with Gasteiger partial charge in [0, 0.05) is 16.6 Å². The van der Waals surface area contributed by atoms with Crippen LogP contribution in [0.2, 0.25) is 0 Å². The Bertz CT molecular complexity index is 681. The number of hydrogen-bond acceptors (Lipinski definition) is 6. The maximum absolute atomic E-state index is 12.5. The number of carbonyl (C=O) groups excluding carboxylic acids is 1. The summed E-state index contributed by atoms with van der Waals surface area (Å²) in [5.41, 5.74) is 2.57. The molecule has 25 heavy (non-hydrogen) atoms. The molecule has 2 fully saturated rings. The Balaban J connectivity index is 0.00000182. The van der Waals surface area contributed by atoms with Crippen molar-refractivity contribution >= 4 is 47.1 Å². The number of carbonyl (C=O) groups is 1. The van der Waals surface area contributed by atoms with Gasteiger partial charge in [0.2, 0.25) is 5.91 Å². The van der Waals surface area contributed by atoms with Crippen LogP contribution < -0.4 is 10.6 Å². The van der Waals surface area contributed by atoms with Crippen LogP contribution >= 0.6 is 35.5 Å². The van der Waals surface area contributed by atoms with E-state index in [4.69, 9.17) is 0 Å². The van der Waals surface area contributed by atoms with Gasteiger partial charge in [0.1, 0.15) is 5.51 Å². The van der Waals surface area contributed by atoms with Gasteiger partial charge in [-0.2, -0.15) is 0 Å². The van der Waals surface area contributed by atoms with Gasteiger partial charge < -0.3 is 10.6 Å². The molecular formula is C17H21ClN4OS2. The van der Waals surface area contributed by atoms with Gasteiger partial charge in [0.05, 0.1) is 6.04 Å². The van der Waals surface area contributed by atoms with Crippen molar-refractivity contribution in [3.8, 4) is 0 Å². The van der Waals surface area contributed by atoms with Crippen molar-refractivity contribution in [1.29, 1.82) is 0 Å². The molecule has 0 radical (unpaired) electrons. The predicted octanol–water partition coefficient (Wildman–Crippen LogP) is 3.97. The van der Waals surface area contributed by atoms with E-state index in [0.29, 0.717) is 12.0 Å². The maximum atomic E-state index is 12.5. The first-order chi connectivity index (χ1) is 11.8.